The Morgan fingerprint density at radius 3 is 1.94 bits per heavy atom. The molecule has 1 rings (SSSR count). The highest BCUT2D eigenvalue weighted by molar-refractivity contribution is 5.00. The smallest absolute Gasteiger partial charge is 0.0318 e. The number of nitrogens with one attached hydrogen (secondary N) is 1. The van der Waals surface area contributed by atoms with Crippen LogP contribution in [0.2, 0.25) is 0 Å². The van der Waals surface area contributed by atoms with Crippen molar-refractivity contribution in [2.24, 2.45) is 0 Å². The Hall–Kier alpha value is -0.120. The van der Waals surface area contributed by atoms with E-state index in [1.807, 2.05) is 0 Å². The van der Waals surface area contributed by atoms with E-state index in [0.29, 0.717) is 6.04 Å². The first-order valence-corrected chi connectivity index (χ1v) is 6.91. The summed E-state index contributed by atoms with van der Waals surface area (Å²) in [5.41, 5.74) is 4.05. The summed E-state index contributed by atoms with van der Waals surface area (Å²) in [4.78, 5) is 2.38. The lowest BCUT2D eigenvalue weighted by molar-refractivity contribution is -0.0939. The van der Waals surface area contributed by atoms with Crippen LogP contribution < -0.4 is 5.43 Å². The third kappa shape index (κ3) is 3.43. The zero-order valence-corrected chi connectivity index (χ0v) is 12.8. The van der Waals surface area contributed by atoms with Crippen LogP contribution in [0.4, 0.5) is 0 Å². The molecule has 0 amide bonds. The van der Waals surface area contributed by atoms with E-state index in [4.69, 9.17) is 0 Å². The zero-order chi connectivity index (χ0) is 13.3. The van der Waals surface area contributed by atoms with Crippen molar-refractivity contribution in [3.63, 3.8) is 0 Å². The van der Waals surface area contributed by atoms with Crippen molar-refractivity contribution in [1.82, 2.24) is 15.3 Å². The fourth-order valence-corrected chi connectivity index (χ4v) is 3.24. The van der Waals surface area contributed by atoms with Gasteiger partial charge < -0.3 is 4.90 Å². The Balaban J connectivity index is 2.84. The van der Waals surface area contributed by atoms with E-state index in [-0.39, 0.29) is 11.1 Å². The molecule has 0 atom stereocenters. The van der Waals surface area contributed by atoms with Crippen LogP contribution in [0.15, 0.2) is 0 Å². The number of hydrogen-bond donors (Lipinski definition) is 1. The Bertz CT molecular complexity index is 228. The van der Waals surface area contributed by atoms with Crippen molar-refractivity contribution in [2.45, 2.75) is 71.0 Å². The van der Waals surface area contributed by atoms with Gasteiger partial charge in [0.05, 0.1) is 0 Å². The van der Waals surface area contributed by atoms with E-state index < -0.39 is 0 Å². The summed E-state index contributed by atoms with van der Waals surface area (Å²) in [7, 11) is 4.40. The van der Waals surface area contributed by atoms with Crippen molar-refractivity contribution in [3.05, 3.63) is 0 Å². The maximum atomic E-state index is 3.63. The van der Waals surface area contributed by atoms with Gasteiger partial charge >= 0.3 is 0 Å². The molecule has 0 aromatic rings. The average molecular weight is 241 g/mol. The molecule has 0 aromatic heterocycles. The molecule has 0 aliphatic carbocycles. The molecule has 3 nitrogen and oxygen atoms in total. The van der Waals surface area contributed by atoms with Gasteiger partial charge in [0.1, 0.15) is 0 Å². The van der Waals surface area contributed by atoms with E-state index in [1.165, 1.54) is 19.3 Å². The molecule has 0 radical (unpaired) electrons. The Morgan fingerprint density at radius 1 is 1.12 bits per heavy atom. The van der Waals surface area contributed by atoms with Gasteiger partial charge in [-0.25, -0.2) is 5.01 Å². The second-order valence-electron chi connectivity index (χ2n) is 6.89. The van der Waals surface area contributed by atoms with Crippen LogP contribution in [-0.2, 0) is 0 Å². The minimum atomic E-state index is 0.214. The quantitative estimate of drug-likeness (QED) is 0.816. The van der Waals surface area contributed by atoms with Crippen molar-refractivity contribution in [3.8, 4) is 0 Å². The molecular weight excluding hydrogens is 210 g/mol. The Labute approximate surface area is 108 Å². The largest absolute Gasteiger partial charge is 0.306 e. The lowest BCUT2D eigenvalue weighted by Crippen LogP contribution is -2.68. The summed E-state index contributed by atoms with van der Waals surface area (Å²) in [6.45, 7) is 12.7. The van der Waals surface area contributed by atoms with Crippen molar-refractivity contribution >= 4 is 0 Å². The first kappa shape index (κ1) is 14.9. The third-order valence-electron chi connectivity index (χ3n) is 3.93. The molecule has 0 unspecified atom stereocenters. The molecule has 0 bridgehead atoms. The van der Waals surface area contributed by atoms with Crippen LogP contribution in [0, 0.1) is 0 Å². The third-order valence-corrected chi connectivity index (χ3v) is 3.93. The Kier molecular flexibility index (Phi) is 4.61. The molecule has 0 saturated carbocycles. The maximum absolute atomic E-state index is 3.63. The summed E-state index contributed by atoms with van der Waals surface area (Å²) >= 11 is 0. The summed E-state index contributed by atoms with van der Waals surface area (Å²) in [5, 5.41) is 2.49. The van der Waals surface area contributed by atoms with E-state index in [1.54, 1.807) is 0 Å². The number of piperidine rings is 1. The molecular formula is C14H31N3. The number of hydrogen-bond acceptors (Lipinski definition) is 3. The van der Waals surface area contributed by atoms with Gasteiger partial charge in [-0.2, -0.15) is 0 Å². The van der Waals surface area contributed by atoms with Crippen molar-refractivity contribution in [1.29, 1.82) is 0 Å². The molecule has 1 N–H and O–H groups in total. The molecule has 102 valence electrons. The minimum absolute atomic E-state index is 0.214. The van der Waals surface area contributed by atoms with Crippen LogP contribution in [0.5, 0.6) is 0 Å². The topological polar surface area (TPSA) is 18.5 Å². The lowest BCUT2D eigenvalue weighted by Gasteiger charge is -2.56. The van der Waals surface area contributed by atoms with Gasteiger partial charge in [-0.15, -0.1) is 0 Å². The fourth-order valence-electron chi connectivity index (χ4n) is 3.24. The standard InChI is InChI=1S/C14H31N3/c1-8-9-15-17-13(2,3)10-12(16(6)7)11-14(17,4)5/h12,15H,8-11H2,1-7H3. The van der Waals surface area contributed by atoms with Crippen LogP contribution in [0.1, 0.15) is 53.9 Å². The minimum Gasteiger partial charge on any atom is -0.306 e. The molecule has 17 heavy (non-hydrogen) atoms. The molecule has 1 heterocycles. The molecule has 1 aliphatic heterocycles. The molecule has 1 fully saturated rings. The maximum Gasteiger partial charge on any atom is 0.0318 e. The summed E-state index contributed by atoms with van der Waals surface area (Å²) in [5.74, 6) is 0. The zero-order valence-electron chi connectivity index (χ0n) is 12.8. The van der Waals surface area contributed by atoms with Gasteiger partial charge in [0.2, 0.25) is 0 Å². The summed E-state index contributed by atoms with van der Waals surface area (Å²) < 4.78 is 0. The van der Waals surface area contributed by atoms with Gasteiger partial charge in [0, 0.05) is 23.7 Å². The van der Waals surface area contributed by atoms with Crippen LogP contribution >= 0.6 is 0 Å². The lowest BCUT2D eigenvalue weighted by atomic mass is 9.78. The van der Waals surface area contributed by atoms with Gasteiger partial charge in [-0.1, -0.05) is 6.92 Å². The first-order chi connectivity index (χ1) is 7.70. The second-order valence-corrected chi connectivity index (χ2v) is 6.89. The first-order valence-electron chi connectivity index (χ1n) is 6.91. The second kappa shape index (κ2) is 5.25. The number of rotatable bonds is 4. The van der Waals surface area contributed by atoms with Gasteiger partial charge in [-0.05, 0) is 61.1 Å². The van der Waals surface area contributed by atoms with Gasteiger partial charge in [0.15, 0.2) is 0 Å². The van der Waals surface area contributed by atoms with E-state index in [2.05, 4.69) is 64.0 Å². The molecule has 1 saturated heterocycles. The monoisotopic (exact) mass is 241 g/mol. The van der Waals surface area contributed by atoms with Crippen LogP contribution in [-0.4, -0.2) is 47.7 Å². The van der Waals surface area contributed by atoms with E-state index in [0.717, 1.165) is 6.54 Å². The van der Waals surface area contributed by atoms with Crippen LogP contribution in [0.3, 0.4) is 0 Å². The predicted octanol–water partition coefficient (Wildman–Crippen LogP) is 2.48. The van der Waals surface area contributed by atoms with Crippen molar-refractivity contribution in [2.75, 3.05) is 20.6 Å². The fraction of sp³-hybridized carbons (Fsp3) is 1.00. The van der Waals surface area contributed by atoms with Gasteiger partial charge in [0.25, 0.3) is 0 Å². The molecule has 0 spiro atoms. The highest BCUT2D eigenvalue weighted by Crippen LogP contribution is 2.38. The molecule has 3 heteroatoms. The highest BCUT2D eigenvalue weighted by atomic mass is 15.6. The highest BCUT2D eigenvalue weighted by Gasteiger charge is 2.45. The number of hydrazine groups is 1. The summed E-state index contributed by atoms with van der Waals surface area (Å²) in [6, 6.07) is 0.680. The SMILES string of the molecule is CCCNN1C(C)(C)CC(N(C)C)CC1(C)C. The molecule has 1 aliphatic rings. The summed E-state index contributed by atoms with van der Waals surface area (Å²) in [6.07, 6.45) is 3.63. The normalized spacial score (nSPS) is 25.4. The van der Waals surface area contributed by atoms with Crippen molar-refractivity contribution < 1.29 is 0 Å². The van der Waals surface area contributed by atoms with Gasteiger partial charge in [-0.3, -0.25) is 5.43 Å². The average Bonchev–Trinajstić information content (AvgIpc) is 2.14. The predicted molar refractivity (Wildman–Crippen MR) is 75.0 cm³/mol. The van der Waals surface area contributed by atoms with E-state index >= 15 is 0 Å². The Morgan fingerprint density at radius 2 is 1.59 bits per heavy atom. The van der Waals surface area contributed by atoms with E-state index in [9.17, 15) is 0 Å². The van der Waals surface area contributed by atoms with Crippen LogP contribution in [0.25, 0.3) is 0 Å². The molecule has 0 aromatic carbocycles. The number of nitrogens with zero attached hydrogens (tertiary/aromatic N) is 2.